The van der Waals surface area contributed by atoms with Crippen molar-refractivity contribution >= 4 is 71.8 Å². The van der Waals surface area contributed by atoms with Gasteiger partial charge in [-0.1, -0.05) is 70.2 Å². The van der Waals surface area contributed by atoms with Gasteiger partial charge in [0.2, 0.25) is 53.2 Å². The first-order valence-corrected chi connectivity index (χ1v) is 23.3. The fourth-order valence-electron chi connectivity index (χ4n) is 6.66. The van der Waals surface area contributed by atoms with Crippen LogP contribution in [0.3, 0.4) is 0 Å². The minimum absolute atomic E-state index is 0.0122. The van der Waals surface area contributed by atoms with E-state index >= 15 is 0 Å². The first kappa shape index (κ1) is 60.3. The number of carbonyl (C=O) groups excluding carboxylic acids is 9. The molecule has 0 heterocycles. The molecule has 0 saturated heterocycles. The van der Waals surface area contributed by atoms with E-state index in [1.54, 1.807) is 58.0 Å². The molecule has 0 radical (unpaired) electrons. The van der Waals surface area contributed by atoms with Gasteiger partial charge in [-0.25, -0.2) is 4.79 Å². The molecule has 0 aliphatic carbocycles. The predicted octanol–water partition coefficient (Wildman–Crippen LogP) is -3.63. The highest BCUT2D eigenvalue weighted by Crippen LogP contribution is 2.13. The molecule has 10 unspecified atom stereocenters. The zero-order valence-corrected chi connectivity index (χ0v) is 41.2. The van der Waals surface area contributed by atoms with E-state index in [0.717, 1.165) is 0 Å². The number of hydrogen-bond donors (Lipinski definition) is 15. The summed E-state index contributed by atoms with van der Waals surface area (Å²) in [5.41, 5.74) is 12.1. The Bertz CT molecular complexity index is 2170. The highest BCUT2D eigenvalue weighted by molar-refractivity contribution is 7.80. The van der Waals surface area contributed by atoms with E-state index in [-0.39, 0.29) is 36.7 Å². The van der Waals surface area contributed by atoms with Gasteiger partial charge in [0.15, 0.2) is 0 Å². The third-order valence-corrected chi connectivity index (χ3v) is 11.1. The molecule has 2 aromatic carbocycles. The van der Waals surface area contributed by atoms with Crippen molar-refractivity contribution in [1.82, 2.24) is 42.5 Å². The monoisotopic (exact) mass is 1020 g/mol. The van der Waals surface area contributed by atoms with E-state index in [1.165, 1.54) is 38.1 Å². The maximum atomic E-state index is 14.1. The number of benzene rings is 2. The number of phenolic OH excluding ortho intramolecular Hbond substituents is 1. The van der Waals surface area contributed by atoms with Crippen molar-refractivity contribution in [3.05, 3.63) is 65.7 Å². The number of rotatable bonds is 29. The molecular weight excluding hydrogens is 949 g/mol. The highest BCUT2D eigenvalue weighted by Gasteiger charge is 2.36. The zero-order valence-electron chi connectivity index (χ0n) is 40.3. The van der Waals surface area contributed by atoms with E-state index in [4.69, 9.17) is 11.5 Å². The molecule has 0 saturated carbocycles. The lowest BCUT2D eigenvalue weighted by Gasteiger charge is -2.28. The SMILES string of the molecule is CC(C)CC(NC(=O)C(CC(N)=O)NC(=O)C(CO)NC(=O)C(NC(=O)C(Cc1ccccc1)NC(=O)C(CS)NC(=O)C(C)NC(=O)C(Cc1ccc(O)cc1)NC(=O)C(N)C(C)O)C(C)C)C(=O)O. The van der Waals surface area contributed by atoms with Crippen LogP contribution in [0.4, 0.5) is 0 Å². The van der Waals surface area contributed by atoms with Gasteiger partial charge in [-0.2, -0.15) is 12.6 Å². The summed E-state index contributed by atoms with van der Waals surface area (Å²) in [5, 5.41) is 58.5. The quantitative estimate of drug-likeness (QED) is 0.0350. The second-order valence-electron chi connectivity index (χ2n) is 17.7. The molecule has 0 aliphatic rings. The highest BCUT2D eigenvalue weighted by atomic mass is 32.1. The van der Waals surface area contributed by atoms with Crippen molar-refractivity contribution in [2.45, 2.75) is 128 Å². The van der Waals surface area contributed by atoms with Crippen LogP contribution in [0.1, 0.15) is 65.5 Å². The lowest BCUT2D eigenvalue weighted by Crippen LogP contribution is -2.62. The van der Waals surface area contributed by atoms with Gasteiger partial charge in [0.05, 0.1) is 19.1 Å². The van der Waals surface area contributed by atoms with Gasteiger partial charge in [0, 0.05) is 18.6 Å². The number of carboxylic acids is 1. The molecule has 392 valence electrons. The average molecular weight is 1020 g/mol. The molecule has 0 fully saturated rings. The van der Waals surface area contributed by atoms with Crippen molar-refractivity contribution in [2.24, 2.45) is 23.3 Å². The summed E-state index contributed by atoms with van der Waals surface area (Å²) < 4.78 is 0. The molecule has 24 nitrogen and oxygen atoms in total. The number of nitrogens with two attached hydrogens (primary N) is 2. The van der Waals surface area contributed by atoms with Crippen molar-refractivity contribution in [3.8, 4) is 5.75 Å². The third kappa shape index (κ3) is 20.6. The topological polar surface area (TPSA) is 400 Å². The van der Waals surface area contributed by atoms with Gasteiger partial charge in [-0.05, 0) is 55.4 Å². The summed E-state index contributed by atoms with van der Waals surface area (Å²) in [4.78, 5) is 131. The van der Waals surface area contributed by atoms with Crippen molar-refractivity contribution < 1.29 is 68.4 Å². The smallest absolute Gasteiger partial charge is 0.326 e. The Hall–Kier alpha value is -6.83. The summed E-state index contributed by atoms with van der Waals surface area (Å²) in [6.45, 7) is 8.08. The van der Waals surface area contributed by atoms with Crippen LogP contribution in [-0.4, -0.2) is 152 Å². The number of thiol groups is 1. The van der Waals surface area contributed by atoms with E-state index in [1.807, 2.05) is 0 Å². The van der Waals surface area contributed by atoms with Crippen LogP contribution in [0, 0.1) is 11.8 Å². The molecule has 71 heavy (non-hydrogen) atoms. The van der Waals surface area contributed by atoms with Gasteiger partial charge in [-0.3, -0.25) is 43.2 Å². The fraction of sp³-hybridized carbons (Fsp3) is 0.522. The van der Waals surface area contributed by atoms with Crippen LogP contribution in [0.2, 0.25) is 0 Å². The number of phenols is 1. The van der Waals surface area contributed by atoms with Crippen LogP contribution in [0.15, 0.2) is 54.6 Å². The molecule has 2 aromatic rings. The number of aliphatic carboxylic acids is 1. The first-order chi connectivity index (χ1) is 33.3. The number of primary amides is 1. The maximum Gasteiger partial charge on any atom is 0.326 e. The van der Waals surface area contributed by atoms with Gasteiger partial charge in [0.25, 0.3) is 0 Å². The van der Waals surface area contributed by atoms with Gasteiger partial charge in [0.1, 0.15) is 60.1 Å². The molecule has 25 heteroatoms. The van der Waals surface area contributed by atoms with E-state index in [0.29, 0.717) is 11.1 Å². The Morgan fingerprint density at radius 2 is 1.01 bits per heavy atom. The summed E-state index contributed by atoms with van der Waals surface area (Å²) in [7, 11) is 0. The fourth-order valence-corrected chi connectivity index (χ4v) is 6.92. The predicted molar refractivity (Wildman–Crippen MR) is 259 cm³/mol. The van der Waals surface area contributed by atoms with Crippen molar-refractivity contribution in [2.75, 3.05) is 12.4 Å². The average Bonchev–Trinajstić information content (AvgIpc) is 3.30. The summed E-state index contributed by atoms with van der Waals surface area (Å²) in [6.07, 6.45) is -2.27. The van der Waals surface area contributed by atoms with E-state index in [9.17, 15) is 68.4 Å². The van der Waals surface area contributed by atoms with Crippen LogP contribution in [0.25, 0.3) is 0 Å². The number of aliphatic hydroxyl groups excluding tert-OH is 2. The minimum atomic E-state index is -1.77. The summed E-state index contributed by atoms with van der Waals surface area (Å²) >= 11 is 4.22. The standard InChI is InChI=1S/C46H68N10O14S/c1-22(2)16-32(46(69)70)53-40(63)31(19-35(47)60)51-42(65)33(20-57)54-45(68)37(23(3)4)56-41(64)30(17-26-10-8-7-9-11-26)50-43(66)34(21-71)55-38(61)24(5)49-39(62)29(52-44(67)36(48)25(6)58)18-27-12-14-28(59)15-13-27/h7-15,22-25,29-34,36-37,57-59,71H,16-21,48H2,1-6H3,(H2,47,60)(H,49,62)(H,50,66)(H,51,65)(H,52,67)(H,53,63)(H,54,68)(H,55,61)(H,56,64)(H,69,70). The zero-order chi connectivity index (χ0) is 53.7. The second-order valence-corrected chi connectivity index (χ2v) is 18.0. The number of nitrogens with one attached hydrogen (secondary N) is 8. The molecule has 16 N–H and O–H groups in total. The molecule has 9 amide bonds. The molecular formula is C46H68N10O14S. The first-order valence-electron chi connectivity index (χ1n) is 22.7. The van der Waals surface area contributed by atoms with Crippen LogP contribution < -0.4 is 54.0 Å². The Labute approximate surface area is 416 Å². The van der Waals surface area contributed by atoms with Gasteiger partial charge < -0.3 is 74.4 Å². The Morgan fingerprint density at radius 3 is 1.51 bits per heavy atom. The molecule has 0 aliphatic heterocycles. The molecule has 2 rings (SSSR count). The number of amides is 9. The minimum Gasteiger partial charge on any atom is -0.508 e. The maximum absolute atomic E-state index is 14.1. The molecule has 10 atom stereocenters. The van der Waals surface area contributed by atoms with E-state index in [2.05, 4.69) is 55.2 Å². The molecule has 0 spiro atoms. The number of aromatic hydroxyl groups is 1. The van der Waals surface area contributed by atoms with E-state index < -0.39 is 139 Å². The van der Waals surface area contributed by atoms with Crippen LogP contribution in [-0.2, 0) is 60.8 Å². The van der Waals surface area contributed by atoms with Crippen molar-refractivity contribution in [3.63, 3.8) is 0 Å². The number of aliphatic hydroxyl groups is 2. The Morgan fingerprint density at radius 1 is 0.563 bits per heavy atom. The Balaban J connectivity index is 2.27. The summed E-state index contributed by atoms with van der Waals surface area (Å²) in [5.74, 6) is -11.2. The second kappa shape index (κ2) is 29.4. The summed E-state index contributed by atoms with van der Waals surface area (Å²) in [6, 6.07) is 1.02. The van der Waals surface area contributed by atoms with Crippen molar-refractivity contribution in [1.29, 1.82) is 0 Å². The molecule has 0 aromatic heterocycles. The number of carboxylic acid groups (broad SMARTS) is 1. The normalized spacial score (nSPS) is 15.4. The molecule has 0 bridgehead atoms. The Kier molecular flexibility index (Phi) is 24.9. The number of carbonyl (C=O) groups is 10. The lowest BCUT2D eigenvalue weighted by molar-refractivity contribution is -0.143. The number of hydrogen-bond acceptors (Lipinski definition) is 15. The lowest BCUT2D eigenvalue weighted by atomic mass is 10.00. The van der Waals surface area contributed by atoms with Crippen LogP contribution >= 0.6 is 12.6 Å². The van der Waals surface area contributed by atoms with Gasteiger partial charge >= 0.3 is 5.97 Å². The largest absolute Gasteiger partial charge is 0.508 e. The van der Waals surface area contributed by atoms with Gasteiger partial charge in [-0.15, -0.1) is 0 Å². The van der Waals surface area contributed by atoms with Crippen LogP contribution in [0.5, 0.6) is 5.75 Å². The third-order valence-electron chi connectivity index (χ3n) is 10.7.